The second kappa shape index (κ2) is 6.50. The van der Waals surface area contributed by atoms with Crippen LogP contribution in [0.1, 0.15) is 55.4 Å². The number of carbonyl (C=O) groups is 1. The van der Waals surface area contributed by atoms with E-state index in [1.807, 2.05) is 4.57 Å². The van der Waals surface area contributed by atoms with Gasteiger partial charge < -0.3 is 18.9 Å². The summed E-state index contributed by atoms with van der Waals surface area (Å²) in [6.07, 6.45) is 6.38. The van der Waals surface area contributed by atoms with E-state index in [0.29, 0.717) is 23.6 Å². The zero-order chi connectivity index (χ0) is 19.4. The van der Waals surface area contributed by atoms with E-state index in [1.165, 1.54) is 6.07 Å². The van der Waals surface area contributed by atoms with Crippen LogP contribution in [-0.2, 0) is 4.74 Å². The summed E-state index contributed by atoms with van der Waals surface area (Å²) in [5.74, 6) is -0.685. The predicted octanol–water partition coefficient (Wildman–Crippen LogP) is 3.40. The van der Waals surface area contributed by atoms with Crippen molar-refractivity contribution in [2.75, 3.05) is 24.7 Å². The molecule has 1 saturated carbocycles. The fourth-order valence-corrected chi connectivity index (χ4v) is 4.57. The Kier molecular flexibility index (Phi) is 4.07. The Morgan fingerprint density at radius 1 is 1.29 bits per heavy atom. The van der Waals surface area contributed by atoms with E-state index in [0.717, 1.165) is 38.6 Å². The molecule has 1 saturated heterocycles. The molecular weight excluding hydrogens is 363 g/mol. The van der Waals surface area contributed by atoms with Crippen LogP contribution in [0.2, 0.25) is 0 Å². The summed E-state index contributed by atoms with van der Waals surface area (Å²) in [6, 6.07) is 1.74. The molecule has 5 rings (SSSR count). The molecule has 0 N–H and O–H groups in total. The zero-order valence-corrected chi connectivity index (χ0v) is 15.9. The average molecular weight is 386 g/mol. The molecule has 6 nitrogen and oxygen atoms in total. The largest absolute Gasteiger partial charge is 0.489 e. The van der Waals surface area contributed by atoms with Crippen LogP contribution in [0.15, 0.2) is 17.1 Å². The van der Waals surface area contributed by atoms with Crippen LogP contribution in [0, 0.1) is 5.82 Å². The molecule has 3 aliphatic rings. The van der Waals surface area contributed by atoms with Gasteiger partial charge in [-0.15, -0.1) is 0 Å². The van der Waals surface area contributed by atoms with Gasteiger partial charge >= 0.3 is 5.97 Å². The highest BCUT2D eigenvalue weighted by Crippen LogP contribution is 2.46. The van der Waals surface area contributed by atoms with Gasteiger partial charge in [-0.2, -0.15) is 0 Å². The van der Waals surface area contributed by atoms with Gasteiger partial charge in [0.15, 0.2) is 11.6 Å². The Balaban J connectivity index is 1.81. The Morgan fingerprint density at radius 2 is 2.11 bits per heavy atom. The van der Waals surface area contributed by atoms with Crippen LogP contribution in [0.4, 0.5) is 10.1 Å². The molecule has 0 amide bonds. The van der Waals surface area contributed by atoms with E-state index in [9.17, 15) is 9.59 Å². The minimum Gasteiger partial charge on any atom is -0.489 e. The summed E-state index contributed by atoms with van der Waals surface area (Å²) < 4.78 is 28.3. The molecule has 2 aromatic rings. The number of hydrogen-bond acceptors (Lipinski definition) is 5. The molecular formula is C21H23FN2O4. The topological polar surface area (TPSA) is 60.8 Å². The molecule has 3 heterocycles. The van der Waals surface area contributed by atoms with E-state index < -0.39 is 17.2 Å². The van der Waals surface area contributed by atoms with Crippen molar-refractivity contribution in [2.24, 2.45) is 0 Å². The van der Waals surface area contributed by atoms with E-state index >= 15 is 4.39 Å². The number of hydrogen-bond donors (Lipinski definition) is 0. The first-order chi connectivity index (χ1) is 13.6. The minimum absolute atomic E-state index is 0.0479. The van der Waals surface area contributed by atoms with Gasteiger partial charge in [0.25, 0.3) is 0 Å². The monoisotopic (exact) mass is 386 g/mol. The van der Waals surface area contributed by atoms with E-state index in [4.69, 9.17) is 9.47 Å². The quantitative estimate of drug-likeness (QED) is 0.757. The first-order valence-electron chi connectivity index (χ1n) is 10.1. The Labute approximate surface area is 161 Å². The lowest BCUT2D eigenvalue weighted by molar-refractivity contribution is 0.0524. The van der Waals surface area contributed by atoms with Crippen LogP contribution in [0.25, 0.3) is 10.9 Å². The average Bonchev–Trinajstić information content (AvgIpc) is 3.45. The summed E-state index contributed by atoms with van der Waals surface area (Å²) in [6.45, 7) is 3.15. The molecule has 0 spiro atoms. The van der Waals surface area contributed by atoms with Crippen molar-refractivity contribution >= 4 is 22.6 Å². The van der Waals surface area contributed by atoms with Crippen molar-refractivity contribution in [3.63, 3.8) is 0 Å². The maximum atomic E-state index is 15.2. The normalized spacial score (nSPS) is 21.1. The molecule has 1 aromatic carbocycles. The molecule has 0 unspecified atom stereocenters. The first kappa shape index (κ1) is 17.5. The lowest BCUT2D eigenvalue weighted by Crippen LogP contribution is -2.29. The Bertz CT molecular complexity index is 1030. The fourth-order valence-electron chi connectivity index (χ4n) is 4.57. The molecule has 1 aliphatic carbocycles. The van der Waals surface area contributed by atoms with Crippen LogP contribution in [0.3, 0.4) is 0 Å². The fraction of sp³-hybridized carbons (Fsp3) is 0.524. The van der Waals surface area contributed by atoms with Gasteiger partial charge in [0, 0.05) is 31.2 Å². The number of aromatic nitrogens is 1. The number of ether oxygens (including phenoxy) is 2. The lowest BCUT2D eigenvalue weighted by Gasteiger charge is -2.26. The molecule has 0 bridgehead atoms. The molecule has 2 aliphatic heterocycles. The minimum atomic E-state index is -0.667. The SMILES string of the molecule is CCOC(=O)c1cn(C2CC2)c2c3c(c(F)cc2c1=O)N1CCC[C@@H]1CCO3. The van der Waals surface area contributed by atoms with Crippen molar-refractivity contribution in [3.8, 4) is 5.75 Å². The van der Waals surface area contributed by atoms with E-state index in [2.05, 4.69) is 4.90 Å². The van der Waals surface area contributed by atoms with E-state index in [-0.39, 0.29) is 29.6 Å². The lowest BCUT2D eigenvalue weighted by atomic mass is 10.1. The first-order valence-corrected chi connectivity index (χ1v) is 10.1. The molecule has 7 heteroatoms. The van der Waals surface area contributed by atoms with Crippen LogP contribution in [-0.4, -0.2) is 36.3 Å². The number of rotatable bonds is 3. The van der Waals surface area contributed by atoms with Gasteiger partial charge in [-0.3, -0.25) is 4.79 Å². The highest BCUT2D eigenvalue weighted by atomic mass is 19.1. The molecule has 2 fully saturated rings. The smallest absolute Gasteiger partial charge is 0.343 e. The second-order valence-corrected chi connectivity index (χ2v) is 7.79. The van der Waals surface area contributed by atoms with Crippen molar-refractivity contribution in [3.05, 3.63) is 33.9 Å². The summed E-state index contributed by atoms with van der Waals surface area (Å²) in [5, 5.41) is 0.186. The molecule has 148 valence electrons. The number of nitrogens with zero attached hydrogens (tertiary/aromatic N) is 2. The maximum absolute atomic E-state index is 15.2. The van der Waals surface area contributed by atoms with Gasteiger partial charge in [-0.25, -0.2) is 9.18 Å². The summed E-state index contributed by atoms with van der Waals surface area (Å²) >= 11 is 0. The predicted molar refractivity (Wildman–Crippen MR) is 103 cm³/mol. The van der Waals surface area contributed by atoms with Crippen molar-refractivity contribution in [1.29, 1.82) is 0 Å². The zero-order valence-electron chi connectivity index (χ0n) is 15.9. The number of anilines is 1. The standard InChI is InChI=1S/C21H23FN2O4/c1-2-27-21(26)15-11-24(13-5-6-13)17-14(19(15)25)10-16(22)18-20(17)28-9-7-12-4-3-8-23(12)18/h10-13H,2-9H2,1H3/t12-/m1/s1. The number of fused-ring (bicyclic) bond motifs is 5. The summed E-state index contributed by atoms with van der Waals surface area (Å²) in [4.78, 5) is 27.5. The number of carbonyl (C=O) groups excluding carboxylic acids is 1. The maximum Gasteiger partial charge on any atom is 0.343 e. The Hall–Kier alpha value is -2.57. The Morgan fingerprint density at radius 3 is 2.86 bits per heavy atom. The third-order valence-corrected chi connectivity index (χ3v) is 6.00. The second-order valence-electron chi connectivity index (χ2n) is 7.79. The van der Waals surface area contributed by atoms with Gasteiger partial charge in [0.05, 0.1) is 24.1 Å². The molecule has 28 heavy (non-hydrogen) atoms. The number of halogens is 1. The van der Waals surface area contributed by atoms with Crippen LogP contribution < -0.4 is 15.1 Å². The van der Waals surface area contributed by atoms with E-state index in [1.54, 1.807) is 13.1 Å². The molecule has 0 radical (unpaired) electrons. The van der Waals surface area contributed by atoms with Crippen molar-refractivity contribution in [1.82, 2.24) is 4.57 Å². The summed E-state index contributed by atoms with van der Waals surface area (Å²) in [7, 11) is 0. The van der Waals surface area contributed by atoms with Crippen molar-refractivity contribution < 1.29 is 18.7 Å². The van der Waals surface area contributed by atoms with Gasteiger partial charge in [0.2, 0.25) is 5.43 Å². The third kappa shape index (κ3) is 2.59. The van der Waals surface area contributed by atoms with Crippen LogP contribution in [0.5, 0.6) is 5.75 Å². The highest BCUT2D eigenvalue weighted by Gasteiger charge is 2.36. The molecule has 1 atom stereocenters. The number of pyridine rings is 1. The third-order valence-electron chi connectivity index (χ3n) is 6.00. The summed E-state index contributed by atoms with van der Waals surface area (Å²) in [5.41, 5.74) is 0.515. The van der Waals surface area contributed by atoms with Crippen molar-refractivity contribution in [2.45, 2.75) is 51.1 Å². The van der Waals surface area contributed by atoms with Gasteiger partial charge in [-0.05, 0) is 38.7 Å². The molecule has 1 aromatic heterocycles. The van der Waals surface area contributed by atoms with Gasteiger partial charge in [-0.1, -0.05) is 0 Å². The van der Waals surface area contributed by atoms with Gasteiger partial charge in [0.1, 0.15) is 11.3 Å². The number of benzene rings is 1. The highest BCUT2D eigenvalue weighted by molar-refractivity contribution is 5.97. The number of esters is 1. The van der Waals surface area contributed by atoms with Crippen LogP contribution >= 0.6 is 0 Å².